The average Bonchev–Trinajstić information content (AvgIpc) is 2.55. The van der Waals surface area contributed by atoms with Crippen molar-refractivity contribution >= 4 is 0 Å². The van der Waals surface area contributed by atoms with Crippen molar-refractivity contribution in [2.45, 2.75) is 24.6 Å². The summed E-state index contributed by atoms with van der Waals surface area (Å²) >= 11 is 0. The predicted molar refractivity (Wildman–Crippen MR) is 87.2 cm³/mol. The lowest BCUT2D eigenvalue weighted by atomic mass is 9.77. The van der Waals surface area contributed by atoms with Gasteiger partial charge in [-0.3, -0.25) is 0 Å². The van der Waals surface area contributed by atoms with Crippen LogP contribution in [-0.4, -0.2) is 10.8 Å². The van der Waals surface area contributed by atoms with E-state index in [4.69, 9.17) is 0 Å². The number of hydrogen-bond donors (Lipinski definition) is 1. The Morgan fingerprint density at radius 3 is 2.17 bits per heavy atom. The molecule has 0 aromatic heterocycles. The molecule has 0 radical (unpaired) electrons. The minimum Gasteiger partial charge on any atom is -0.376 e. The molecule has 0 saturated heterocycles. The third kappa shape index (κ3) is 2.97. The lowest BCUT2D eigenvalue weighted by Crippen LogP contribution is -2.31. The van der Waals surface area contributed by atoms with Crippen LogP contribution in [0.3, 0.4) is 0 Å². The molecule has 0 aliphatic heterocycles. The Kier molecular flexibility index (Phi) is 3.90. The van der Waals surface area contributed by atoms with Gasteiger partial charge in [0.25, 0.3) is 0 Å². The largest absolute Gasteiger partial charge is 0.376 e. The first kappa shape index (κ1) is 15.6. The molecule has 0 amide bonds. The molecule has 0 bridgehead atoms. The second kappa shape index (κ2) is 5.74. The zero-order valence-corrected chi connectivity index (χ0v) is 12.8. The van der Waals surface area contributed by atoms with E-state index in [0.29, 0.717) is 16.7 Å². The second-order valence-electron chi connectivity index (χ2n) is 6.06. The van der Waals surface area contributed by atoms with Gasteiger partial charge in [-0.1, -0.05) is 54.6 Å². The lowest BCUT2D eigenvalue weighted by molar-refractivity contribution is 0.122. The van der Waals surface area contributed by atoms with Gasteiger partial charge in [-0.25, -0.2) is 8.78 Å². The van der Waals surface area contributed by atoms with Crippen LogP contribution in [-0.2, 0) is 5.60 Å². The Morgan fingerprint density at radius 1 is 1.00 bits per heavy atom. The number of hydrogen-bond acceptors (Lipinski definition) is 1. The molecule has 2 atom stereocenters. The molecule has 23 heavy (non-hydrogen) atoms. The predicted octanol–water partition coefficient (Wildman–Crippen LogP) is 4.68. The summed E-state index contributed by atoms with van der Waals surface area (Å²) in [6, 6.07) is 14.9. The fourth-order valence-electron chi connectivity index (χ4n) is 2.85. The molecule has 2 unspecified atom stereocenters. The van der Waals surface area contributed by atoms with E-state index in [9.17, 15) is 13.9 Å². The summed E-state index contributed by atoms with van der Waals surface area (Å²) in [5, 5.41) is 11.5. The van der Waals surface area contributed by atoms with Crippen LogP contribution in [0.5, 0.6) is 0 Å². The van der Waals surface area contributed by atoms with Crippen LogP contribution in [0.4, 0.5) is 8.78 Å². The highest BCUT2D eigenvalue weighted by molar-refractivity contribution is 5.50. The zero-order valence-electron chi connectivity index (χ0n) is 12.8. The standard InChI is InChI=1S/C20H18F2O/c1-19(22)13-11-17(12-14-19)20(23,15-5-3-2-4-6-15)16-7-9-18(21)10-8-16/h2-13,23H,14H2,1H3. The van der Waals surface area contributed by atoms with Gasteiger partial charge in [-0.2, -0.15) is 0 Å². The fourth-order valence-corrected chi connectivity index (χ4v) is 2.85. The fraction of sp³-hybridized carbons (Fsp3) is 0.200. The van der Waals surface area contributed by atoms with Crippen molar-refractivity contribution in [3.63, 3.8) is 0 Å². The molecule has 2 aromatic carbocycles. The van der Waals surface area contributed by atoms with Crippen LogP contribution in [0.15, 0.2) is 78.4 Å². The first-order valence-electron chi connectivity index (χ1n) is 7.54. The maximum Gasteiger partial charge on any atom is 0.140 e. The Balaban J connectivity index is 2.14. The van der Waals surface area contributed by atoms with Crippen LogP contribution in [0, 0.1) is 5.82 Å². The van der Waals surface area contributed by atoms with Gasteiger partial charge in [0.2, 0.25) is 0 Å². The number of rotatable bonds is 3. The Hall–Kier alpha value is -2.26. The van der Waals surface area contributed by atoms with E-state index in [-0.39, 0.29) is 12.2 Å². The van der Waals surface area contributed by atoms with Crippen molar-refractivity contribution < 1.29 is 13.9 Å². The van der Waals surface area contributed by atoms with Gasteiger partial charge >= 0.3 is 0 Å². The van der Waals surface area contributed by atoms with Gasteiger partial charge in [0, 0.05) is 6.42 Å². The highest BCUT2D eigenvalue weighted by atomic mass is 19.1. The minimum absolute atomic E-state index is 0.190. The molecule has 118 valence electrons. The number of alkyl halides is 1. The molecule has 0 heterocycles. The van der Waals surface area contributed by atoms with Gasteiger partial charge in [-0.15, -0.1) is 0 Å². The van der Waals surface area contributed by atoms with Gasteiger partial charge in [-0.05, 0) is 41.8 Å². The summed E-state index contributed by atoms with van der Waals surface area (Å²) in [6.07, 6.45) is 4.96. The SMILES string of the molecule is CC1(F)C=CC(C(O)(c2ccccc2)c2ccc(F)cc2)=CC1. The quantitative estimate of drug-likeness (QED) is 0.873. The summed E-state index contributed by atoms with van der Waals surface area (Å²) in [7, 11) is 0. The van der Waals surface area contributed by atoms with Crippen LogP contribution in [0.1, 0.15) is 24.5 Å². The average molecular weight is 312 g/mol. The summed E-state index contributed by atoms with van der Waals surface area (Å²) in [5.74, 6) is -0.367. The molecule has 0 fully saturated rings. The van der Waals surface area contributed by atoms with Crippen LogP contribution >= 0.6 is 0 Å². The van der Waals surface area contributed by atoms with E-state index in [1.165, 1.54) is 25.1 Å². The first-order chi connectivity index (χ1) is 10.9. The molecule has 1 aliphatic carbocycles. The van der Waals surface area contributed by atoms with Crippen LogP contribution < -0.4 is 0 Å². The van der Waals surface area contributed by atoms with Crippen molar-refractivity contribution in [3.05, 3.63) is 95.3 Å². The molecule has 1 aliphatic rings. The topological polar surface area (TPSA) is 20.2 Å². The third-order valence-corrected chi connectivity index (χ3v) is 4.20. The minimum atomic E-state index is -1.44. The van der Waals surface area contributed by atoms with Gasteiger partial charge in [0.15, 0.2) is 0 Å². The summed E-state index contributed by atoms with van der Waals surface area (Å²) in [5.41, 5.74) is -1.06. The third-order valence-electron chi connectivity index (χ3n) is 4.20. The van der Waals surface area contributed by atoms with E-state index < -0.39 is 11.3 Å². The normalized spacial score (nSPS) is 23.2. The molecule has 3 heteroatoms. The highest BCUT2D eigenvalue weighted by Crippen LogP contribution is 2.40. The maximum absolute atomic E-state index is 14.0. The van der Waals surface area contributed by atoms with E-state index in [2.05, 4.69) is 0 Å². The Morgan fingerprint density at radius 2 is 1.61 bits per heavy atom. The number of allylic oxidation sites excluding steroid dienone is 2. The van der Waals surface area contributed by atoms with E-state index in [0.717, 1.165) is 0 Å². The summed E-state index contributed by atoms with van der Waals surface area (Å²) < 4.78 is 27.3. The van der Waals surface area contributed by atoms with Gasteiger partial charge in [0.05, 0.1) is 0 Å². The number of aliphatic hydroxyl groups is 1. The molecule has 2 aromatic rings. The Bertz CT molecular complexity index is 745. The molecular weight excluding hydrogens is 294 g/mol. The van der Waals surface area contributed by atoms with Crippen LogP contribution in [0.25, 0.3) is 0 Å². The van der Waals surface area contributed by atoms with E-state index in [1.54, 1.807) is 36.4 Å². The molecule has 1 nitrogen and oxygen atoms in total. The van der Waals surface area contributed by atoms with Gasteiger partial charge in [0.1, 0.15) is 17.1 Å². The zero-order chi connectivity index (χ0) is 16.5. The van der Waals surface area contributed by atoms with Crippen molar-refractivity contribution in [2.75, 3.05) is 0 Å². The molecule has 0 saturated carbocycles. The highest BCUT2D eigenvalue weighted by Gasteiger charge is 2.37. The lowest BCUT2D eigenvalue weighted by Gasteiger charge is -2.33. The van der Waals surface area contributed by atoms with Gasteiger partial charge < -0.3 is 5.11 Å². The van der Waals surface area contributed by atoms with E-state index >= 15 is 0 Å². The summed E-state index contributed by atoms with van der Waals surface area (Å²) in [6.45, 7) is 1.50. The van der Waals surface area contributed by atoms with Crippen molar-refractivity contribution in [2.24, 2.45) is 0 Å². The first-order valence-corrected chi connectivity index (χ1v) is 7.54. The van der Waals surface area contributed by atoms with E-state index in [1.807, 2.05) is 18.2 Å². The smallest absolute Gasteiger partial charge is 0.140 e. The molecular formula is C20H18F2O. The Labute approximate surface area is 134 Å². The molecule has 1 N–H and O–H groups in total. The monoisotopic (exact) mass is 312 g/mol. The number of benzene rings is 2. The number of halogens is 2. The molecule has 0 spiro atoms. The van der Waals surface area contributed by atoms with Crippen molar-refractivity contribution in [3.8, 4) is 0 Å². The van der Waals surface area contributed by atoms with Crippen LogP contribution in [0.2, 0.25) is 0 Å². The second-order valence-corrected chi connectivity index (χ2v) is 6.06. The summed E-state index contributed by atoms with van der Waals surface area (Å²) in [4.78, 5) is 0. The van der Waals surface area contributed by atoms with Crippen molar-refractivity contribution in [1.29, 1.82) is 0 Å². The maximum atomic E-state index is 14.0. The van der Waals surface area contributed by atoms with Crippen molar-refractivity contribution in [1.82, 2.24) is 0 Å². The molecule has 3 rings (SSSR count).